The maximum Gasteiger partial charge on any atom is 0.123 e. The zero-order valence-electron chi connectivity index (χ0n) is 10.6. The Labute approximate surface area is 102 Å². The number of halogens is 1. The van der Waals surface area contributed by atoms with Crippen molar-refractivity contribution in [2.24, 2.45) is 5.41 Å². The molecule has 1 nitrogen and oxygen atoms in total. The van der Waals surface area contributed by atoms with Crippen molar-refractivity contribution < 1.29 is 9.50 Å². The van der Waals surface area contributed by atoms with Crippen LogP contribution in [0.2, 0.25) is 0 Å². The molecule has 1 aromatic rings. The molecule has 1 atom stereocenters. The van der Waals surface area contributed by atoms with E-state index in [0.717, 1.165) is 29.5 Å². The molecule has 1 unspecified atom stereocenters. The second-order valence-electron chi connectivity index (χ2n) is 5.76. The first kappa shape index (κ1) is 12.3. The second-order valence-corrected chi connectivity index (χ2v) is 5.76. The summed E-state index contributed by atoms with van der Waals surface area (Å²) >= 11 is 0. The van der Waals surface area contributed by atoms with Crippen LogP contribution in [-0.2, 0) is 0 Å². The Hall–Kier alpha value is -1.15. The third-order valence-corrected chi connectivity index (χ3v) is 3.36. The van der Waals surface area contributed by atoms with E-state index in [1.807, 2.05) is 19.1 Å². The highest BCUT2D eigenvalue weighted by Crippen LogP contribution is 2.40. The van der Waals surface area contributed by atoms with E-state index in [2.05, 4.69) is 13.8 Å². The van der Waals surface area contributed by atoms with Gasteiger partial charge in [0.25, 0.3) is 0 Å². The first-order chi connectivity index (χ1) is 7.87. The SMILES string of the molecule is Cc1cc(F)ccc1C1=CC(O)CC(C)(C)C1. The highest BCUT2D eigenvalue weighted by atomic mass is 19.1. The van der Waals surface area contributed by atoms with Crippen LogP contribution in [0, 0.1) is 18.2 Å². The molecule has 17 heavy (non-hydrogen) atoms. The molecule has 1 N–H and O–H groups in total. The largest absolute Gasteiger partial charge is 0.389 e. The van der Waals surface area contributed by atoms with Crippen molar-refractivity contribution in [3.63, 3.8) is 0 Å². The van der Waals surface area contributed by atoms with E-state index >= 15 is 0 Å². The molecule has 0 saturated heterocycles. The van der Waals surface area contributed by atoms with Crippen molar-refractivity contribution in [2.45, 2.75) is 39.7 Å². The van der Waals surface area contributed by atoms with Gasteiger partial charge in [0.1, 0.15) is 5.82 Å². The Morgan fingerprint density at radius 2 is 2.06 bits per heavy atom. The van der Waals surface area contributed by atoms with E-state index in [1.54, 1.807) is 6.07 Å². The third kappa shape index (κ3) is 2.75. The second kappa shape index (κ2) is 4.26. The number of allylic oxidation sites excluding steroid dienone is 1. The van der Waals surface area contributed by atoms with Gasteiger partial charge in [0.15, 0.2) is 0 Å². The molecule has 0 bridgehead atoms. The van der Waals surface area contributed by atoms with Gasteiger partial charge in [-0.1, -0.05) is 26.0 Å². The monoisotopic (exact) mass is 234 g/mol. The van der Waals surface area contributed by atoms with Gasteiger partial charge >= 0.3 is 0 Å². The number of hydrogen-bond acceptors (Lipinski definition) is 1. The Kier molecular flexibility index (Phi) is 3.09. The lowest BCUT2D eigenvalue weighted by Gasteiger charge is -2.33. The zero-order chi connectivity index (χ0) is 12.6. The number of rotatable bonds is 1. The fourth-order valence-electron chi connectivity index (χ4n) is 2.68. The fourth-order valence-corrected chi connectivity index (χ4v) is 2.68. The first-order valence-corrected chi connectivity index (χ1v) is 6.03. The van der Waals surface area contributed by atoms with Gasteiger partial charge < -0.3 is 5.11 Å². The molecule has 0 amide bonds. The number of aliphatic hydroxyl groups excluding tert-OH is 1. The molecule has 0 radical (unpaired) electrons. The van der Waals surface area contributed by atoms with E-state index in [4.69, 9.17) is 0 Å². The summed E-state index contributed by atoms with van der Waals surface area (Å²) in [5.41, 5.74) is 3.22. The predicted octanol–water partition coefficient (Wildman–Crippen LogP) is 3.70. The maximum absolute atomic E-state index is 13.1. The van der Waals surface area contributed by atoms with Crippen molar-refractivity contribution in [1.29, 1.82) is 0 Å². The Morgan fingerprint density at radius 3 is 2.65 bits per heavy atom. The standard InChI is InChI=1S/C15H19FO/c1-10-6-12(16)4-5-14(10)11-7-13(17)9-15(2,3)8-11/h4-7,13,17H,8-9H2,1-3H3. The smallest absolute Gasteiger partial charge is 0.123 e. The summed E-state index contributed by atoms with van der Waals surface area (Å²) in [5.74, 6) is -0.206. The van der Waals surface area contributed by atoms with Crippen LogP contribution in [0.25, 0.3) is 5.57 Å². The Bertz CT molecular complexity index is 460. The fraction of sp³-hybridized carbons (Fsp3) is 0.467. The molecular weight excluding hydrogens is 215 g/mol. The summed E-state index contributed by atoms with van der Waals surface area (Å²) in [6.07, 6.45) is 3.23. The van der Waals surface area contributed by atoms with Gasteiger partial charge in [0.2, 0.25) is 0 Å². The van der Waals surface area contributed by atoms with Crippen LogP contribution in [0.1, 0.15) is 37.8 Å². The zero-order valence-corrected chi connectivity index (χ0v) is 10.6. The molecule has 0 aliphatic heterocycles. The molecule has 1 aromatic carbocycles. The van der Waals surface area contributed by atoms with Crippen molar-refractivity contribution in [1.82, 2.24) is 0 Å². The molecule has 92 valence electrons. The molecule has 2 rings (SSSR count). The van der Waals surface area contributed by atoms with Gasteiger partial charge in [0.05, 0.1) is 6.10 Å². The lowest BCUT2D eigenvalue weighted by molar-refractivity contribution is 0.146. The number of aliphatic hydroxyl groups is 1. The van der Waals surface area contributed by atoms with Gasteiger partial charge in [-0.2, -0.15) is 0 Å². The van der Waals surface area contributed by atoms with Gasteiger partial charge in [0, 0.05) is 0 Å². The lowest BCUT2D eigenvalue weighted by atomic mass is 9.74. The van der Waals surface area contributed by atoms with Crippen molar-refractivity contribution in [3.8, 4) is 0 Å². The first-order valence-electron chi connectivity index (χ1n) is 6.03. The van der Waals surface area contributed by atoms with E-state index in [0.29, 0.717) is 0 Å². The van der Waals surface area contributed by atoms with E-state index < -0.39 is 6.10 Å². The van der Waals surface area contributed by atoms with Crippen LogP contribution in [0.15, 0.2) is 24.3 Å². The van der Waals surface area contributed by atoms with Crippen molar-refractivity contribution in [2.75, 3.05) is 0 Å². The van der Waals surface area contributed by atoms with Gasteiger partial charge in [-0.05, 0) is 54.0 Å². The minimum Gasteiger partial charge on any atom is -0.389 e. The summed E-state index contributed by atoms with van der Waals surface area (Å²) in [6, 6.07) is 4.84. The summed E-state index contributed by atoms with van der Waals surface area (Å²) < 4.78 is 13.1. The quantitative estimate of drug-likeness (QED) is 0.785. The van der Waals surface area contributed by atoms with E-state index in [1.165, 1.54) is 6.07 Å². The summed E-state index contributed by atoms with van der Waals surface area (Å²) in [4.78, 5) is 0. The number of benzene rings is 1. The van der Waals surface area contributed by atoms with Crippen LogP contribution in [0.5, 0.6) is 0 Å². The van der Waals surface area contributed by atoms with Gasteiger partial charge in [-0.15, -0.1) is 0 Å². The van der Waals surface area contributed by atoms with Gasteiger partial charge in [-0.3, -0.25) is 0 Å². The average molecular weight is 234 g/mol. The molecule has 0 fully saturated rings. The molecule has 0 spiro atoms. The molecular formula is C15H19FO. The number of aryl methyl sites for hydroxylation is 1. The van der Waals surface area contributed by atoms with Crippen LogP contribution >= 0.6 is 0 Å². The van der Waals surface area contributed by atoms with Crippen LogP contribution in [-0.4, -0.2) is 11.2 Å². The van der Waals surface area contributed by atoms with Crippen LogP contribution in [0.3, 0.4) is 0 Å². The third-order valence-electron chi connectivity index (χ3n) is 3.36. The minimum absolute atomic E-state index is 0.102. The predicted molar refractivity (Wildman–Crippen MR) is 68.1 cm³/mol. The molecule has 0 saturated carbocycles. The Balaban J connectivity index is 2.39. The molecule has 2 heteroatoms. The van der Waals surface area contributed by atoms with Crippen molar-refractivity contribution >= 4 is 5.57 Å². The average Bonchev–Trinajstić information content (AvgIpc) is 2.13. The lowest BCUT2D eigenvalue weighted by Crippen LogP contribution is -2.24. The van der Waals surface area contributed by atoms with Crippen molar-refractivity contribution in [3.05, 3.63) is 41.2 Å². The van der Waals surface area contributed by atoms with Crippen LogP contribution < -0.4 is 0 Å². The maximum atomic E-state index is 13.1. The molecule has 1 aliphatic rings. The summed E-state index contributed by atoms with van der Waals surface area (Å²) in [7, 11) is 0. The molecule has 1 aliphatic carbocycles. The van der Waals surface area contributed by atoms with Gasteiger partial charge in [-0.25, -0.2) is 4.39 Å². The van der Waals surface area contributed by atoms with E-state index in [9.17, 15) is 9.50 Å². The highest BCUT2D eigenvalue weighted by Gasteiger charge is 2.28. The molecule has 0 aromatic heterocycles. The summed E-state index contributed by atoms with van der Waals surface area (Å²) in [5, 5.41) is 9.87. The summed E-state index contributed by atoms with van der Waals surface area (Å²) in [6.45, 7) is 6.22. The Morgan fingerprint density at radius 1 is 1.35 bits per heavy atom. The normalized spacial score (nSPS) is 23.4. The molecule has 0 heterocycles. The van der Waals surface area contributed by atoms with E-state index in [-0.39, 0.29) is 11.2 Å². The topological polar surface area (TPSA) is 20.2 Å². The van der Waals surface area contributed by atoms with Crippen LogP contribution in [0.4, 0.5) is 4.39 Å². The highest BCUT2D eigenvalue weighted by molar-refractivity contribution is 5.69. The number of hydrogen-bond donors (Lipinski definition) is 1. The minimum atomic E-state index is -0.391.